The highest BCUT2D eigenvalue weighted by atomic mass is 16.2. The number of pyridine rings is 1. The van der Waals surface area contributed by atoms with Crippen molar-refractivity contribution in [3.05, 3.63) is 77.9 Å². The molecule has 2 amide bonds. The smallest absolute Gasteiger partial charge is 0.269 e. The number of rotatable bonds is 5. The number of hydrogen-bond donors (Lipinski definition) is 3. The quantitative estimate of drug-likeness (QED) is 0.669. The van der Waals surface area contributed by atoms with Gasteiger partial charge in [-0.2, -0.15) is 5.10 Å². The van der Waals surface area contributed by atoms with Gasteiger partial charge in [-0.15, -0.1) is 0 Å². The van der Waals surface area contributed by atoms with E-state index in [9.17, 15) is 9.59 Å². The van der Waals surface area contributed by atoms with Gasteiger partial charge in [-0.25, -0.2) is 0 Å². The Morgan fingerprint density at radius 3 is 2.33 bits per heavy atom. The molecule has 2 aromatic heterocycles. The lowest BCUT2D eigenvalue weighted by Gasteiger charge is -2.07. The van der Waals surface area contributed by atoms with E-state index in [4.69, 9.17) is 0 Å². The van der Waals surface area contributed by atoms with Crippen molar-refractivity contribution in [3.8, 4) is 0 Å². The van der Waals surface area contributed by atoms with Crippen molar-refractivity contribution in [3.63, 3.8) is 0 Å². The second-order valence-corrected chi connectivity index (χ2v) is 5.04. The summed E-state index contributed by atoms with van der Waals surface area (Å²) in [6.07, 6.45) is 4.74. The van der Waals surface area contributed by atoms with Crippen molar-refractivity contribution in [2.45, 2.75) is 6.54 Å². The summed E-state index contributed by atoms with van der Waals surface area (Å²) in [5.41, 5.74) is 2.52. The normalized spacial score (nSPS) is 10.2. The summed E-state index contributed by atoms with van der Waals surface area (Å²) in [7, 11) is 0. The summed E-state index contributed by atoms with van der Waals surface area (Å²) in [5, 5.41) is 11.9. The predicted octanol–water partition coefficient (Wildman–Crippen LogP) is 1.99. The summed E-state index contributed by atoms with van der Waals surface area (Å²) in [4.78, 5) is 27.8. The van der Waals surface area contributed by atoms with E-state index in [2.05, 4.69) is 25.8 Å². The summed E-state index contributed by atoms with van der Waals surface area (Å²) < 4.78 is 0. The third-order valence-corrected chi connectivity index (χ3v) is 3.35. The van der Waals surface area contributed by atoms with E-state index in [1.807, 2.05) is 0 Å². The summed E-state index contributed by atoms with van der Waals surface area (Å²) in [6.45, 7) is 0.365. The molecular weight excluding hydrogens is 306 g/mol. The average molecular weight is 321 g/mol. The zero-order chi connectivity index (χ0) is 16.8. The number of aromatic amines is 1. The van der Waals surface area contributed by atoms with Gasteiger partial charge in [0.2, 0.25) is 0 Å². The van der Waals surface area contributed by atoms with Crippen molar-refractivity contribution < 1.29 is 9.59 Å². The minimum absolute atomic E-state index is 0.200. The molecule has 0 spiro atoms. The highest BCUT2D eigenvalue weighted by molar-refractivity contribution is 6.04. The molecule has 0 bridgehead atoms. The van der Waals surface area contributed by atoms with Gasteiger partial charge in [0.05, 0.1) is 0 Å². The van der Waals surface area contributed by atoms with Crippen LogP contribution in [0.4, 0.5) is 5.69 Å². The SMILES string of the molecule is O=C(Nc1ccncc1)c1ccc(CNC(=O)c2ccn[nH]2)cc1. The molecule has 0 aliphatic heterocycles. The highest BCUT2D eigenvalue weighted by Crippen LogP contribution is 2.09. The van der Waals surface area contributed by atoms with Gasteiger partial charge in [0, 0.05) is 36.4 Å². The van der Waals surface area contributed by atoms with Gasteiger partial charge < -0.3 is 10.6 Å². The second-order valence-electron chi connectivity index (χ2n) is 5.04. The third kappa shape index (κ3) is 3.83. The fourth-order valence-corrected chi connectivity index (χ4v) is 2.07. The number of benzene rings is 1. The number of nitrogens with one attached hydrogen (secondary N) is 3. The van der Waals surface area contributed by atoms with Gasteiger partial charge in [-0.05, 0) is 35.9 Å². The third-order valence-electron chi connectivity index (χ3n) is 3.35. The fraction of sp³-hybridized carbons (Fsp3) is 0.0588. The van der Waals surface area contributed by atoms with Gasteiger partial charge in [0.1, 0.15) is 5.69 Å². The van der Waals surface area contributed by atoms with Crippen molar-refractivity contribution in [1.82, 2.24) is 20.5 Å². The predicted molar refractivity (Wildman–Crippen MR) is 88.4 cm³/mol. The lowest BCUT2D eigenvalue weighted by molar-refractivity contribution is 0.0945. The lowest BCUT2D eigenvalue weighted by atomic mass is 10.1. The lowest BCUT2D eigenvalue weighted by Crippen LogP contribution is -2.23. The number of nitrogens with zero attached hydrogens (tertiary/aromatic N) is 2. The number of carbonyl (C=O) groups excluding carboxylic acids is 2. The Balaban J connectivity index is 1.57. The molecule has 3 N–H and O–H groups in total. The fourth-order valence-electron chi connectivity index (χ4n) is 2.07. The summed E-state index contributed by atoms with van der Waals surface area (Å²) in [5.74, 6) is -0.429. The minimum atomic E-state index is -0.230. The van der Waals surface area contributed by atoms with E-state index in [-0.39, 0.29) is 11.8 Å². The van der Waals surface area contributed by atoms with Crippen LogP contribution in [0.3, 0.4) is 0 Å². The minimum Gasteiger partial charge on any atom is -0.347 e. The number of anilines is 1. The maximum absolute atomic E-state index is 12.1. The van der Waals surface area contributed by atoms with Crippen LogP contribution in [-0.2, 0) is 6.54 Å². The maximum Gasteiger partial charge on any atom is 0.269 e. The zero-order valence-electron chi connectivity index (χ0n) is 12.7. The topological polar surface area (TPSA) is 99.8 Å². The molecule has 7 nitrogen and oxygen atoms in total. The molecular formula is C17H15N5O2. The van der Waals surface area contributed by atoms with Crippen molar-refractivity contribution >= 4 is 17.5 Å². The molecule has 0 atom stereocenters. The van der Waals surface area contributed by atoms with Gasteiger partial charge in [-0.3, -0.25) is 19.7 Å². The van der Waals surface area contributed by atoms with Gasteiger partial charge >= 0.3 is 0 Å². The molecule has 1 aromatic carbocycles. The first-order valence-electron chi connectivity index (χ1n) is 7.30. The van der Waals surface area contributed by atoms with Crippen LogP contribution in [0, 0.1) is 0 Å². The monoisotopic (exact) mass is 321 g/mol. The van der Waals surface area contributed by atoms with Crippen molar-refractivity contribution in [2.24, 2.45) is 0 Å². The molecule has 0 aliphatic rings. The molecule has 120 valence electrons. The van der Waals surface area contributed by atoms with E-state index in [0.717, 1.165) is 5.56 Å². The van der Waals surface area contributed by atoms with E-state index in [1.54, 1.807) is 54.9 Å². The molecule has 24 heavy (non-hydrogen) atoms. The Labute approximate surface area is 138 Å². The number of H-pyrrole nitrogens is 1. The van der Waals surface area contributed by atoms with Gasteiger partial charge in [0.25, 0.3) is 11.8 Å². The van der Waals surface area contributed by atoms with Crippen LogP contribution >= 0.6 is 0 Å². The van der Waals surface area contributed by atoms with Crippen LogP contribution < -0.4 is 10.6 Å². The molecule has 0 aliphatic carbocycles. The molecule has 0 saturated carbocycles. The molecule has 0 radical (unpaired) electrons. The van der Waals surface area contributed by atoms with Gasteiger partial charge in [-0.1, -0.05) is 12.1 Å². The van der Waals surface area contributed by atoms with E-state index < -0.39 is 0 Å². The second kappa shape index (κ2) is 7.19. The maximum atomic E-state index is 12.1. The van der Waals surface area contributed by atoms with Crippen LogP contribution in [0.1, 0.15) is 26.4 Å². The number of hydrogen-bond acceptors (Lipinski definition) is 4. The van der Waals surface area contributed by atoms with E-state index >= 15 is 0 Å². The summed E-state index contributed by atoms with van der Waals surface area (Å²) >= 11 is 0. The molecule has 0 saturated heterocycles. The average Bonchev–Trinajstić information content (AvgIpc) is 3.16. The Morgan fingerprint density at radius 1 is 0.917 bits per heavy atom. The van der Waals surface area contributed by atoms with Gasteiger partial charge in [0.15, 0.2) is 0 Å². The van der Waals surface area contributed by atoms with Crippen LogP contribution in [0.25, 0.3) is 0 Å². The van der Waals surface area contributed by atoms with E-state index in [0.29, 0.717) is 23.5 Å². The highest BCUT2D eigenvalue weighted by Gasteiger charge is 2.08. The van der Waals surface area contributed by atoms with Crippen LogP contribution in [0.15, 0.2) is 61.1 Å². The van der Waals surface area contributed by atoms with Crippen LogP contribution in [0.2, 0.25) is 0 Å². The first-order chi connectivity index (χ1) is 11.7. The molecule has 7 heteroatoms. The number of aromatic nitrogens is 3. The molecule has 3 rings (SSSR count). The molecule has 3 aromatic rings. The first-order valence-corrected chi connectivity index (χ1v) is 7.30. The number of amides is 2. The van der Waals surface area contributed by atoms with Crippen molar-refractivity contribution in [2.75, 3.05) is 5.32 Å². The molecule has 0 unspecified atom stereocenters. The zero-order valence-corrected chi connectivity index (χ0v) is 12.7. The van der Waals surface area contributed by atoms with Crippen LogP contribution in [0.5, 0.6) is 0 Å². The van der Waals surface area contributed by atoms with Crippen molar-refractivity contribution in [1.29, 1.82) is 0 Å². The Kier molecular flexibility index (Phi) is 4.62. The van der Waals surface area contributed by atoms with Crippen LogP contribution in [-0.4, -0.2) is 27.0 Å². The standard InChI is InChI=1S/C17H15N5O2/c23-16(21-14-5-8-18-9-6-14)13-3-1-12(2-4-13)11-19-17(24)15-7-10-20-22-15/h1-10H,11H2,(H,19,24)(H,20,22)(H,18,21,23). The molecule has 0 fully saturated rings. The Bertz CT molecular complexity index is 814. The molecule has 2 heterocycles. The largest absolute Gasteiger partial charge is 0.347 e. The summed E-state index contributed by atoms with van der Waals surface area (Å²) in [6, 6.07) is 12.1. The Hall–Kier alpha value is -3.48. The Morgan fingerprint density at radius 2 is 1.67 bits per heavy atom. The van der Waals surface area contributed by atoms with E-state index in [1.165, 1.54) is 6.20 Å². The first kappa shape index (κ1) is 15.4. The number of carbonyl (C=O) groups is 2.